The Morgan fingerprint density at radius 2 is 2.16 bits per heavy atom. The van der Waals surface area contributed by atoms with Gasteiger partial charge in [0.2, 0.25) is 0 Å². The largest absolute Gasteiger partial charge is 0.419 e. The minimum Gasteiger partial charge on any atom is -0.377 e. The quantitative estimate of drug-likeness (QED) is 0.743. The van der Waals surface area contributed by atoms with E-state index >= 15 is 0 Å². The van der Waals surface area contributed by atoms with Crippen molar-refractivity contribution in [3.05, 3.63) is 22.8 Å². The molecule has 0 radical (unpaired) electrons. The van der Waals surface area contributed by atoms with Crippen molar-refractivity contribution < 1.29 is 17.9 Å². The van der Waals surface area contributed by atoms with Gasteiger partial charge in [-0.15, -0.1) is 0 Å². The number of anilines is 1. The van der Waals surface area contributed by atoms with Crippen molar-refractivity contribution in [3.8, 4) is 0 Å². The van der Waals surface area contributed by atoms with Gasteiger partial charge in [0.05, 0.1) is 11.7 Å². The lowest BCUT2D eigenvalue weighted by atomic mass is 10.2. The molecule has 0 spiro atoms. The third kappa shape index (κ3) is 3.51. The molecule has 0 N–H and O–H groups in total. The molecule has 2 rings (SSSR count). The summed E-state index contributed by atoms with van der Waals surface area (Å²) in [5.74, 6) is 0.454. The molecule has 106 valence electrons. The zero-order chi connectivity index (χ0) is 14.0. The Bertz CT molecular complexity index is 453. The average molecular weight is 295 g/mol. The molecule has 2 heterocycles. The first-order valence-corrected chi connectivity index (χ1v) is 6.36. The van der Waals surface area contributed by atoms with Gasteiger partial charge in [-0.2, -0.15) is 13.2 Å². The maximum atomic E-state index is 12.6. The van der Waals surface area contributed by atoms with Crippen molar-refractivity contribution >= 4 is 17.4 Å². The molecule has 3 nitrogen and oxygen atoms in total. The summed E-state index contributed by atoms with van der Waals surface area (Å²) in [6, 6.07) is 2.33. The van der Waals surface area contributed by atoms with Crippen LogP contribution in [0.5, 0.6) is 0 Å². The van der Waals surface area contributed by atoms with Crippen LogP contribution in [0.25, 0.3) is 0 Å². The summed E-state index contributed by atoms with van der Waals surface area (Å²) < 4.78 is 43.3. The van der Waals surface area contributed by atoms with Crippen LogP contribution in [0, 0.1) is 0 Å². The van der Waals surface area contributed by atoms with Crippen LogP contribution in [-0.2, 0) is 10.9 Å². The molecule has 0 amide bonds. The van der Waals surface area contributed by atoms with Crippen molar-refractivity contribution in [2.75, 3.05) is 24.6 Å². The third-order valence-electron chi connectivity index (χ3n) is 2.92. The second kappa shape index (κ2) is 5.54. The molecular formula is C12H14ClF3N2O. The van der Waals surface area contributed by atoms with E-state index in [1.807, 2.05) is 11.8 Å². The van der Waals surface area contributed by atoms with E-state index in [0.717, 1.165) is 12.5 Å². The van der Waals surface area contributed by atoms with Crippen LogP contribution in [0.1, 0.15) is 18.9 Å². The SMILES string of the molecule is C[C@@H]1CN(c2ccc(C(F)(F)F)c(Cl)n2)CCCO1. The van der Waals surface area contributed by atoms with E-state index in [9.17, 15) is 13.2 Å². The predicted molar refractivity (Wildman–Crippen MR) is 66.5 cm³/mol. The highest BCUT2D eigenvalue weighted by Gasteiger charge is 2.34. The molecule has 0 aromatic carbocycles. The van der Waals surface area contributed by atoms with Crippen molar-refractivity contribution in [2.45, 2.75) is 25.6 Å². The Balaban J connectivity index is 2.24. The molecule has 1 aliphatic heterocycles. The summed E-state index contributed by atoms with van der Waals surface area (Å²) in [5, 5.41) is -0.511. The lowest BCUT2D eigenvalue weighted by molar-refractivity contribution is -0.137. The summed E-state index contributed by atoms with van der Waals surface area (Å²) in [6.45, 7) is 3.85. The predicted octanol–water partition coefficient (Wildman–Crippen LogP) is 3.37. The van der Waals surface area contributed by atoms with Gasteiger partial charge in [0.25, 0.3) is 0 Å². The molecule has 0 bridgehead atoms. The van der Waals surface area contributed by atoms with Gasteiger partial charge in [-0.05, 0) is 25.5 Å². The van der Waals surface area contributed by atoms with Crippen LogP contribution in [0.2, 0.25) is 5.15 Å². The minimum absolute atomic E-state index is 0.0189. The molecule has 1 atom stereocenters. The number of hydrogen-bond acceptors (Lipinski definition) is 3. The number of halogens is 4. The molecule has 19 heavy (non-hydrogen) atoms. The van der Waals surface area contributed by atoms with E-state index in [4.69, 9.17) is 16.3 Å². The number of nitrogens with zero attached hydrogens (tertiary/aromatic N) is 2. The highest BCUT2D eigenvalue weighted by atomic mass is 35.5. The minimum atomic E-state index is -4.47. The zero-order valence-corrected chi connectivity index (χ0v) is 11.1. The van der Waals surface area contributed by atoms with Crippen LogP contribution in [0.15, 0.2) is 12.1 Å². The van der Waals surface area contributed by atoms with Crippen LogP contribution in [-0.4, -0.2) is 30.8 Å². The first-order valence-electron chi connectivity index (χ1n) is 5.98. The second-order valence-electron chi connectivity index (χ2n) is 4.49. The van der Waals surface area contributed by atoms with Crippen LogP contribution in [0.3, 0.4) is 0 Å². The number of alkyl halides is 3. The Hall–Kier alpha value is -1.01. The highest BCUT2D eigenvalue weighted by molar-refractivity contribution is 6.30. The van der Waals surface area contributed by atoms with E-state index in [2.05, 4.69) is 4.98 Å². The topological polar surface area (TPSA) is 25.4 Å². The summed E-state index contributed by atoms with van der Waals surface area (Å²) in [5.41, 5.74) is -0.906. The molecule has 1 saturated heterocycles. The standard InChI is InChI=1S/C12H14ClF3N2O/c1-8-7-18(5-2-6-19-8)10-4-3-9(11(13)17-10)12(14,15)16/h3-4,8H,2,5-7H2,1H3/t8-/m1/s1. The Morgan fingerprint density at radius 3 is 2.79 bits per heavy atom. The summed E-state index contributed by atoms with van der Waals surface area (Å²) in [7, 11) is 0. The van der Waals surface area contributed by atoms with E-state index in [1.54, 1.807) is 0 Å². The first kappa shape index (κ1) is 14.4. The molecule has 1 aromatic heterocycles. The fraction of sp³-hybridized carbons (Fsp3) is 0.583. The maximum absolute atomic E-state index is 12.6. The van der Waals surface area contributed by atoms with Crippen LogP contribution < -0.4 is 4.90 Å². The molecule has 7 heteroatoms. The average Bonchev–Trinajstić information content (AvgIpc) is 2.52. The van der Waals surface area contributed by atoms with Crippen molar-refractivity contribution in [1.29, 1.82) is 0 Å². The maximum Gasteiger partial charge on any atom is 0.419 e. The molecule has 0 unspecified atom stereocenters. The molecular weight excluding hydrogens is 281 g/mol. The second-order valence-corrected chi connectivity index (χ2v) is 4.84. The zero-order valence-electron chi connectivity index (χ0n) is 10.4. The summed E-state index contributed by atoms with van der Waals surface area (Å²) in [4.78, 5) is 5.75. The number of aromatic nitrogens is 1. The van der Waals surface area contributed by atoms with Gasteiger partial charge in [-0.25, -0.2) is 4.98 Å². The van der Waals surface area contributed by atoms with Crippen molar-refractivity contribution in [3.63, 3.8) is 0 Å². The monoisotopic (exact) mass is 294 g/mol. The Labute approximate surface area is 114 Å². The number of rotatable bonds is 1. The third-order valence-corrected chi connectivity index (χ3v) is 3.20. The molecule has 1 aromatic rings. The molecule has 1 fully saturated rings. The number of ether oxygens (including phenoxy) is 1. The van der Waals surface area contributed by atoms with Gasteiger partial charge in [-0.1, -0.05) is 11.6 Å². The lowest BCUT2D eigenvalue weighted by Crippen LogP contribution is -2.31. The summed E-state index contributed by atoms with van der Waals surface area (Å²) >= 11 is 5.62. The smallest absolute Gasteiger partial charge is 0.377 e. The summed E-state index contributed by atoms with van der Waals surface area (Å²) in [6.07, 6.45) is -3.65. The van der Waals surface area contributed by atoms with Gasteiger partial charge in [0, 0.05) is 19.7 Å². The number of hydrogen-bond donors (Lipinski definition) is 0. The normalized spacial score (nSPS) is 21.3. The highest BCUT2D eigenvalue weighted by Crippen LogP contribution is 2.34. The van der Waals surface area contributed by atoms with Gasteiger partial charge in [-0.3, -0.25) is 0 Å². The van der Waals surface area contributed by atoms with Crippen molar-refractivity contribution in [1.82, 2.24) is 4.98 Å². The van der Waals surface area contributed by atoms with Gasteiger partial charge in [0.15, 0.2) is 0 Å². The van der Waals surface area contributed by atoms with Crippen molar-refractivity contribution in [2.24, 2.45) is 0 Å². The van der Waals surface area contributed by atoms with Gasteiger partial charge >= 0.3 is 6.18 Å². The van der Waals surface area contributed by atoms with E-state index in [0.29, 0.717) is 25.5 Å². The lowest BCUT2D eigenvalue weighted by Gasteiger charge is -2.23. The van der Waals surface area contributed by atoms with Gasteiger partial charge in [0.1, 0.15) is 11.0 Å². The van der Waals surface area contributed by atoms with Crippen LogP contribution >= 0.6 is 11.6 Å². The Morgan fingerprint density at radius 1 is 1.42 bits per heavy atom. The molecule has 0 aliphatic carbocycles. The fourth-order valence-corrected chi connectivity index (χ4v) is 2.27. The number of pyridine rings is 1. The fourth-order valence-electron chi connectivity index (χ4n) is 2.01. The molecule has 0 saturated carbocycles. The first-order chi connectivity index (χ1) is 8.88. The van der Waals surface area contributed by atoms with Gasteiger partial charge < -0.3 is 9.64 Å². The van der Waals surface area contributed by atoms with E-state index in [1.165, 1.54) is 6.07 Å². The Kier molecular flexibility index (Phi) is 4.20. The van der Waals surface area contributed by atoms with E-state index < -0.39 is 16.9 Å². The van der Waals surface area contributed by atoms with E-state index in [-0.39, 0.29) is 6.10 Å². The van der Waals surface area contributed by atoms with Crippen LogP contribution in [0.4, 0.5) is 19.0 Å². The molecule has 1 aliphatic rings.